The summed E-state index contributed by atoms with van der Waals surface area (Å²) in [6.45, 7) is 7.49. The molecule has 0 unspecified atom stereocenters. The smallest absolute Gasteiger partial charge is 0.407 e. The summed E-state index contributed by atoms with van der Waals surface area (Å²) in [7, 11) is 0. The highest BCUT2D eigenvalue weighted by atomic mass is 16.6. The number of carbonyl (C=O) groups is 1. The number of carbonyl (C=O) groups excluding carboxylic acids is 1. The number of ether oxygens (including phenoxy) is 1. The first-order valence-corrected chi connectivity index (χ1v) is 6.04. The van der Waals surface area contributed by atoms with Crippen LogP contribution in [0.1, 0.15) is 47.0 Å². The van der Waals surface area contributed by atoms with E-state index < -0.39 is 5.60 Å². The molecular formula is C12H24N2O2. The van der Waals surface area contributed by atoms with Gasteiger partial charge in [0, 0.05) is 12.1 Å². The molecule has 1 rings (SSSR count). The van der Waals surface area contributed by atoms with Crippen LogP contribution in [0.4, 0.5) is 4.79 Å². The van der Waals surface area contributed by atoms with E-state index in [1.807, 2.05) is 27.7 Å². The monoisotopic (exact) mass is 228 g/mol. The molecule has 0 aliphatic heterocycles. The third-order valence-electron chi connectivity index (χ3n) is 3.02. The van der Waals surface area contributed by atoms with Crippen LogP contribution >= 0.6 is 0 Å². The Hall–Kier alpha value is -0.770. The molecule has 1 aliphatic carbocycles. The van der Waals surface area contributed by atoms with Gasteiger partial charge in [-0.25, -0.2) is 4.79 Å². The summed E-state index contributed by atoms with van der Waals surface area (Å²) in [5.74, 6) is 0.560. The molecule has 2 atom stereocenters. The zero-order valence-electron chi connectivity index (χ0n) is 10.7. The SMILES string of the molecule is C[C@H](NC(=O)OC(C)(C)C)[C@H](N)C1CCC1. The van der Waals surface area contributed by atoms with E-state index in [0.29, 0.717) is 5.92 Å². The summed E-state index contributed by atoms with van der Waals surface area (Å²) in [5.41, 5.74) is 5.61. The molecule has 0 aromatic rings. The standard InChI is InChI=1S/C12H24N2O2/c1-8(10(13)9-6-5-7-9)14-11(15)16-12(2,3)4/h8-10H,5-7,13H2,1-4H3,(H,14,15)/t8-,10-/m0/s1. The maximum Gasteiger partial charge on any atom is 0.407 e. The molecule has 0 saturated heterocycles. The average Bonchev–Trinajstić information content (AvgIpc) is 1.96. The van der Waals surface area contributed by atoms with E-state index in [1.165, 1.54) is 19.3 Å². The van der Waals surface area contributed by atoms with Gasteiger partial charge in [0.15, 0.2) is 0 Å². The highest BCUT2D eigenvalue weighted by Crippen LogP contribution is 2.29. The second-order valence-electron chi connectivity index (χ2n) is 5.70. The Labute approximate surface area is 97.9 Å². The Morgan fingerprint density at radius 2 is 2.00 bits per heavy atom. The third kappa shape index (κ3) is 4.00. The van der Waals surface area contributed by atoms with E-state index in [1.54, 1.807) is 0 Å². The Morgan fingerprint density at radius 1 is 1.44 bits per heavy atom. The molecule has 0 radical (unpaired) electrons. The molecule has 16 heavy (non-hydrogen) atoms. The van der Waals surface area contributed by atoms with E-state index in [-0.39, 0.29) is 18.2 Å². The second kappa shape index (κ2) is 5.04. The number of hydrogen-bond donors (Lipinski definition) is 2. The molecule has 0 aromatic heterocycles. The summed E-state index contributed by atoms with van der Waals surface area (Å²) >= 11 is 0. The Kier molecular flexibility index (Phi) is 4.19. The van der Waals surface area contributed by atoms with E-state index in [9.17, 15) is 4.79 Å². The number of alkyl carbamates (subject to hydrolysis) is 1. The largest absolute Gasteiger partial charge is 0.444 e. The lowest BCUT2D eigenvalue weighted by molar-refractivity contribution is 0.0488. The molecule has 3 N–H and O–H groups in total. The van der Waals surface area contributed by atoms with Crippen molar-refractivity contribution in [2.45, 2.75) is 64.6 Å². The molecule has 1 saturated carbocycles. The molecule has 0 aromatic carbocycles. The van der Waals surface area contributed by atoms with E-state index in [4.69, 9.17) is 10.5 Å². The summed E-state index contributed by atoms with van der Waals surface area (Å²) in [6, 6.07) is 0.0152. The van der Waals surface area contributed by atoms with Crippen molar-refractivity contribution in [1.29, 1.82) is 0 Å². The average molecular weight is 228 g/mol. The predicted octanol–water partition coefficient (Wildman–Crippen LogP) is 2.03. The molecule has 1 fully saturated rings. The highest BCUT2D eigenvalue weighted by Gasteiger charge is 2.29. The first-order valence-electron chi connectivity index (χ1n) is 6.04. The van der Waals surface area contributed by atoms with Gasteiger partial charge in [-0.15, -0.1) is 0 Å². The van der Waals surface area contributed by atoms with Crippen LogP contribution in [0.3, 0.4) is 0 Å². The van der Waals surface area contributed by atoms with Gasteiger partial charge in [-0.05, 0) is 46.5 Å². The summed E-state index contributed by atoms with van der Waals surface area (Å²) in [5, 5.41) is 2.80. The van der Waals surface area contributed by atoms with E-state index >= 15 is 0 Å². The first-order chi connectivity index (χ1) is 7.29. The number of hydrogen-bond acceptors (Lipinski definition) is 3. The van der Waals surface area contributed by atoms with Gasteiger partial charge in [0.1, 0.15) is 5.60 Å². The predicted molar refractivity (Wildman–Crippen MR) is 64.1 cm³/mol. The van der Waals surface area contributed by atoms with Gasteiger partial charge in [0.2, 0.25) is 0 Å². The van der Waals surface area contributed by atoms with Gasteiger partial charge < -0.3 is 15.8 Å². The number of rotatable bonds is 3. The van der Waals surface area contributed by atoms with Crippen LogP contribution in [-0.2, 0) is 4.74 Å². The minimum Gasteiger partial charge on any atom is -0.444 e. The van der Waals surface area contributed by atoms with Crippen LogP contribution in [0.15, 0.2) is 0 Å². The lowest BCUT2D eigenvalue weighted by Gasteiger charge is -2.35. The van der Waals surface area contributed by atoms with Crippen molar-refractivity contribution in [3.63, 3.8) is 0 Å². The number of nitrogens with one attached hydrogen (secondary N) is 1. The summed E-state index contributed by atoms with van der Waals surface area (Å²) in [4.78, 5) is 11.5. The molecule has 4 heteroatoms. The summed E-state index contributed by atoms with van der Waals surface area (Å²) < 4.78 is 5.18. The Morgan fingerprint density at radius 3 is 2.38 bits per heavy atom. The fraction of sp³-hybridized carbons (Fsp3) is 0.917. The van der Waals surface area contributed by atoms with Gasteiger partial charge in [-0.2, -0.15) is 0 Å². The lowest BCUT2D eigenvalue weighted by atomic mass is 9.78. The van der Waals surface area contributed by atoms with E-state index in [2.05, 4.69) is 5.32 Å². The van der Waals surface area contributed by atoms with Crippen molar-refractivity contribution in [2.24, 2.45) is 11.7 Å². The molecular weight excluding hydrogens is 204 g/mol. The topological polar surface area (TPSA) is 64.3 Å². The molecule has 1 amide bonds. The summed E-state index contributed by atoms with van der Waals surface area (Å²) in [6.07, 6.45) is 3.25. The maximum atomic E-state index is 11.5. The Balaban J connectivity index is 2.32. The molecule has 0 heterocycles. The van der Waals surface area contributed by atoms with Gasteiger partial charge in [-0.3, -0.25) is 0 Å². The van der Waals surface area contributed by atoms with Gasteiger partial charge in [0.05, 0.1) is 0 Å². The van der Waals surface area contributed by atoms with Gasteiger partial charge >= 0.3 is 6.09 Å². The fourth-order valence-corrected chi connectivity index (χ4v) is 1.82. The highest BCUT2D eigenvalue weighted by molar-refractivity contribution is 5.68. The van der Waals surface area contributed by atoms with Crippen LogP contribution in [0.25, 0.3) is 0 Å². The molecule has 0 bridgehead atoms. The minimum atomic E-state index is -0.454. The third-order valence-corrected chi connectivity index (χ3v) is 3.02. The molecule has 94 valence electrons. The minimum absolute atomic E-state index is 0.0276. The van der Waals surface area contributed by atoms with Gasteiger partial charge in [0.25, 0.3) is 0 Å². The molecule has 1 aliphatic rings. The second-order valence-corrected chi connectivity index (χ2v) is 5.70. The van der Waals surface area contributed by atoms with Crippen molar-refractivity contribution in [3.8, 4) is 0 Å². The zero-order valence-corrected chi connectivity index (χ0v) is 10.7. The number of nitrogens with two attached hydrogens (primary N) is 1. The number of amides is 1. The van der Waals surface area contributed by atoms with Crippen LogP contribution in [0.5, 0.6) is 0 Å². The maximum absolute atomic E-state index is 11.5. The van der Waals surface area contributed by atoms with Crippen LogP contribution in [0.2, 0.25) is 0 Å². The van der Waals surface area contributed by atoms with Crippen molar-refractivity contribution in [1.82, 2.24) is 5.32 Å². The van der Waals surface area contributed by atoms with Gasteiger partial charge in [-0.1, -0.05) is 6.42 Å². The van der Waals surface area contributed by atoms with Crippen molar-refractivity contribution in [3.05, 3.63) is 0 Å². The first kappa shape index (κ1) is 13.3. The van der Waals surface area contributed by atoms with E-state index in [0.717, 1.165) is 0 Å². The molecule has 4 nitrogen and oxygen atoms in total. The zero-order chi connectivity index (χ0) is 12.3. The van der Waals surface area contributed by atoms with Crippen molar-refractivity contribution >= 4 is 6.09 Å². The quantitative estimate of drug-likeness (QED) is 0.776. The van der Waals surface area contributed by atoms with Crippen LogP contribution < -0.4 is 11.1 Å². The Bertz CT molecular complexity index is 244. The lowest BCUT2D eigenvalue weighted by Crippen LogP contribution is -2.52. The van der Waals surface area contributed by atoms with Crippen molar-refractivity contribution in [2.75, 3.05) is 0 Å². The van der Waals surface area contributed by atoms with Crippen LogP contribution in [-0.4, -0.2) is 23.8 Å². The van der Waals surface area contributed by atoms with Crippen LogP contribution in [0, 0.1) is 5.92 Å². The molecule has 0 spiro atoms. The fourth-order valence-electron chi connectivity index (χ4n) is 1.82. The van der Waals surface area contributed by atoms with Crippen molar-refractivity contribution < 1.29 is 9.53 Å². The normalized spacial score (nSPS) is 20.8.